The van der Waals surface area contributed by atoms with Crippen LogP contribution in [0.15, 0.2) is 87.3 Å². The number of carbonyl (C=O) groups excluding carboxylic acids is 1. The fourth-order valence-corrected chi connectivity index (χ4v) is 5.23. The number of nitrogens with one attached hydrogen (secondary N) is 2. The lowest BCUT2D eigenvalue weighted by molar-refractivity contribution is -0.113. The normalized spacial score (nSPS) is 11.3. The van der Waals surface area contributed by atoms with Crippen molar-refractivity contribution in [1.29, 1.82) is 0 Å². The van der Waals surface area contributed by atoms with E-state index in [2.05, 4.69) is 34.1 Å². The summed E-state index contributed by atoms with van der Waals surface area (Å²) in [5, 5.41) is 11.4. The van der Waals surface area contributed by atoms with E-state index in [4.69, 9.17) is 4.42 Å². The molecule has 4 rings (SSSR count). The highest BCUT2D eigenvalue weighted by atomic mass is 32.2. The third-order valence-corrected chi connectivity index (χ3v) is 7.65. The van der Waals surface area contributed by atoms with Crippen molar-refractivity contribution in [3.8, 4) is 11.5 Å². The zero-order chi connectivity index (χ0) is 25.5. The first-order chi connectivity index (χ1) is 17.4. The van der Waals surface area contributed by atoms with Crippen molar-refractivity contribution in [2.75, 3.05) is 15.8 Å². The molecule has 8 nitrogen and oxygen atoms in total. The van der Waals surface area contributed by atoms with Crippen molar-refractivity contribution >= 4 is 39.1 Å². The minimum Gasteiger partial charge on any atom is -0.411 e. The van der Waals surface area contributed by atoms with Gasteiger partial charge in [-0.05, 0) is 60.4 Å². The summed E-state index contributed by atoms with van der Waals surface area (Å²) in [6.07, 6.45) is 1.66. The molecule has 0 aliphatic rings. The average Bonchev–Trinajstić information content (AvgIpc) is 3.37. The van der Waals surface area contributed by atoms with Crippen LogP contribution in [0.25, 0.3) is 11.5 Å². The summed E-state index contributed by atoms with van der Waals surface area (Å²) in [6, 6.07) is 20.8. The zero-order valence-corrected chi connectivity index (χ0v) is 21.5. The summed E-state index contributed by atoms with van der Waals surface area (Å²) < 4.78 is 33.2. The number of nitrogens with zero attached hydrogens (tertiary/aromatic N) is 2. The Morgan fingerprint density at radius 2 is 1.56 bits per heavy atom. The van der Waals surface area contributed by atoms with Gasteiger partial charge in [0.15, 0.2) is 0 Å². The molecule has 0 spiro atoms. The number of carbonyl (C=O) groups is 1. The first-order valence-electron chi connectivity index (χ1n) is 11.4. The van der Waals surface area contributed by atoms with Crippen molar-refractivity contribution in [1.82, 2.24) is 10.2 Å². The molecule has 1 amide bonds. The van der Waals surface area contributed by atoms with Crippen LogP contribution in [0, 0.1) is 0 Å². The average molecular weight is 523 g/mol. The third-order valence-electron chi connectivity index (χ3n) is 5.43. The fourth-order valence-electron chi connectivity index (χ4n) is 3.59. The largest absolute Gasteiger partial charge is 0.411 e. The second-order valence-corrected chi connectivity index (χ2v) is 10.5. The van der Waals surface area contributed by atoms with Gasteiger partial charge in [0.05, 0.1) is 10.6 Å². The fraction of sp³-hybridized carbons (Fsp3) is 0.192. The van der Waals surface area contributed by atoms with Crippen LogP contribution in [0.5, 0.6) is 0 Å². The standard InChI is InChI=1S/C26H26N4O4S2/c1-3-18-9-8-10-19(4-2)24(18)27-23(31)17-35-26-29-28-25(34-26)20-13-15-21(16-14-20)30-36(32,33)22-11-6-5-7-12-22/h5-16,30H,3-4,17H2,1-2H3,(H,27,31). The van der Waals surface area contributed by atoms with E-state index in [9.17, 15) is 13.2 Å². The molecule has 0 aliphatic heterocycles. The number of hydrogen-bond donors (Lipinski definition) is 2. The Balaban J connectivity index is 1.36. The van der Waals surface area contributed by atoms with Crippen molar-refractivity contribution < 1.29 is 17.6 Å². The van der Waals surface area contributed by atoms with Gasteiger partial charge < -0.3 is 9.73 Å². The van der Waals surface area contributed by atoms with Gasteiger partial charge in [-0.3, -0.25) is 9.52 Å². The highest BCUT2D eigenvalue weighted by Gasteiger charge is 2.16. The molecule has 4 aromatic rings. The molecule has 2 N–H and O–H groups in total. The van der Waals surface area contributed by atoms with Gasteiger partial charge in [0.2, 0.25) is 11.8 Å². The molecule has 0 atom stereocenters. The first-order valence-corrected chi connectivity index (χ1v) is 13.9. The molecular formula is C26H26N4O4S2. The number of rotatable bonds is 10. The maximum Gasteiger partial charge on any atom is 0.277 e. The van der Waals surface area contributed by atoms with E-state index in [1.54, 1.807) is 42.5 Å². The molecule has 0 aliphatic carbocycles. The topological polar surface area (TPSA) is 114 Å². The zero-order valence-electron chi connectivity index (χ0n) is 19.9. The second-order valence-electron chi connectivity index (χ2n) is 7.86. The van der Waals surface area contributed by atoms with Crippen LogP contribution in [0.3, 0.4) is 0 Å². The van der Waals surface area contributed by atoms with Crippen LogP contribution in [-0.2, 0) is 27.7 Å². The Labute approximate surface area is 214 Å². The summed E-state index contributed by atoms with van der Waals surface area (Å²) in [4.78, 5) is 12.8. The summed E-state index contributed by atoms with van der Waals surface area (Å²) in [6.45, 7) is 4.12. The Hall–Kier alpha value is -3.63. The van der Waals surface area contributed by atoms with Gasteiger partial charge in [0.1, 0.15) is 0 Å². The number of hydrogen-bond acceptors (Lipinski definition) is 7. The van der Waals surface area contributed by atoms with Crippen molar-refractivity contribution in [3.63, 3.8) is 0 Å². The minimum absolute atomic E-state index is 0.128. The van der Waals surface area contributed by atoms with E-state index in [0.717, 1.165) is 41.4 Å². The van der Waals surface area contributed by atoms with Crippen LogP contribution in [0.2, 0.25) is 0 Å². The van der Waals surface area contributed by atoms with E-state index >= 15 is 0 Å². The number of sulfonamides is 1. The summed E-state index contributed by atoms with van der Waals surface area (Å²) in [5.74, 6) is 0.258. The molecule has 0 unspecified atom stereocenters. The monoisotopic (exact) mass is 522 g/mol. The highest BCUT2D eigenvalue weighted by Crippen LogP contribution is 2.26. The van der Waals surface area contributed by atoms with Crippen LogP contribution in [-0.4, -0.2) is 30.3 Å². The van der Waals surface area contributed by atoms with Crippen LogP contribution < -0.4 is 10.0 Å². The molecule has 0 saturated heterocycles. The summed E-state index contributed by atoms with van der Waals surface area (Å²) in [7, 11) is -3.68. The van der Waals surface area contributed by atoms with Crippen LogP contribution in [0.4, 0.5) is 11.4 Å². The van der Waals surface area contributed by atoms with Crippen molar-refractivity contribution in [2.24, 2.45) is 0 Å². The second kappa shape index (κ2) is 11.4. The molecule has 0 fully saturated rings. The quantitative estimate of drug-likeness (QED) is 0.268. The predicted octanol–water partition coefficient (Wildman–Crippen LogP) is 5.39. The van der Waals surface area contributed by atoms with E-state index in [0.29, 0.717) is 11.3 Å². The van der Waals surface area contributed by atoms with E-state index in [1.807, 2.05) is 18.2 Å². The van der Waals surface area contributed by atoms with E-state index < -0.39 is 10.0 Å². The summed E-state index contributed by atoms with van der Waals surface area (Å²) in [5.41, 5.74) is 4.12. The maximum absolute atomic E-state index is 12.6. The van der Waals surface area contributed by atoms with E-state index in [1.165, 1.54) is 12.1 Å². The molecule has 3 aromatic carbocycles. The lowest BCUT2D eigenvalue weighted by Gasteiger charge is -2.14. The van der Waals surface area contributed by atoms with Crippen LogP contribution in [0.1, 0.15) is 25.0 Å². The number of anilines is 2. The Morgan fingerprint density at radius 1 is 0.889 bits per heavy atom. The van der Waals surface area contributed by atoms with Gasteiger partial charge in [-0.2, -0.15) is 0 Å². The molecule has 36 heavy (non-hydrogen) atoms. The number of aryl methyl sites for hydroxylation is 2. The van der Waals surface area contributed by atoms with Crippen molar-refractivity contribution in [3.05, 3.63) is 83.9 Å². The molecule has 1 heterocycles. The molecule has 186 valence electrons. The Bertz CT molecular complexity index is 1410. The van der Waals surface area contributed by atoms with Gasteiger partial charge in [-0.1, -0.05) is 62.0 Å². The molecule has 10 heteroatoms. The van der Waals surface area contributed by atoms with Gasteiger partial charge in [0.25, 0.3) is 15.2 Å². The Kier molecular flexibility index (Phi) is 8.07. The SMILES string of the molecule is CCc1cccc(CC)c1NC(=O)CSc1nnc(-c2ccc(NS(=O)(=O)c3ccccc3)cc2)o1. The van der Waals surface area contributed by atoms with Crippen molar-refractivity contribution in [2.45, 2.75) is 36.8 Å². The van der Waals surface area contributed by atoms with E-state index in [-0.39, 0.29) is 27.7 Å². The predicted molar refractivity (Wildman–Crippen MR) is 142 cm³/mol. The lowest BCUT2D eigenvalue weighted by Crippen LogP contribution is -2.16. The molecular weight excluding hydrogens is 496 g/mol. The Morgan fingerprint density at radius 3 is 2.19 bits per heavy atom. The first kappa shape index (κ1) is 25.5. The molecule has 0 saturated carbocycles. The third kappa shape index (κ3) is 6.13. The van der Waals surface area contributed by atoms with Gasteiger partial charge in [0, 0.05) is 16.9 Å². The summed E-state index contributed by atoms with van der Waals surface area (Å²) >= 11 is 1.15. The van der Waals surface area contributed by atoms with Gasteiger partial charge >= 0.3 is 0 Å². The number of aromatic nitrogens is 2. The smallest absolute Gasteiger partial charge is 0.277 e. The van der Waals surface area contributed by atoms with Gasteiger partial charge in [-0.15, -0.1) is 10.2 Å². The number of thioether (sulfide) groups is 1. The number of benzene rings is 3. The molecule has 0 bridgehead atoms. The molecule has 1 aromatic heterocycles. The minimum atomic E-state index is -3.68. The van der Waals surface area contributed by atoms with Gasteiger partial charge in [-0.25, -0.2) is 8.42 Å². The highest BCUT2D eigenvalue weighted by molar-refractivity contribution is 7.99. The van der Waals surface area contributed by atoms with Crippen LogP contribution >= 0.6 is 11.8 Å². The molecule has 0 radical (unpaired) electrons. The number of amides is 1. The number of para-hydroxylation sites is 1. The maximum atomic E-state index is 12.6. The lowest BCUT2D eigenvalue weighted by atomic mass is 10.0.